The molecule has 0 spiro atoms. The van der Waals surface area contributed by atoms with E-state index in [0.717, 1.165) is 12.8 Å². The fourth-order valence-corrected chi connectivity index (χ4v) is 2.22. The van der Waals surface area contributed by atoms with Crippen molar-refractivity contribution >= 4 is 11.7 Å². The second-order valence-electron chi connectivity index (χ2n) is 4.31. The largest absolute Gasteiger partial charge is 0.337 e. The normalized spacial score (nSPS) is 27.5. The van der Waals surface area contributed by atoms with Crippen molar-refractivity contribution in [2.75, 3.05) is 0 Å². The van der Waals surface area contributed by atoms with Crippen molar-refractivity contribution in [3.05, 3.63) is 0 Å². The van der Waals surface area contributed by atoms with Gasteiger partial charge in [-0.1, -0.05) is 0 Å². The zero-order valence-electron chi connectivity index (χ0n) is 9.25. The van der Waals surface area contributed by atoms with Gasteiger partial charge in [-0.05, 0) is 40.0 Å². The lowest BCUT2D eigenvalue weighted by molar-refractivity contribution is -0.139. The molecule has 1 rings (SSSR count). The molecule has 1 aliphatic rings. The van der Waals surface area contributed by atoms with Crippen molar-refractivity contribution < 1.29 is 9.59 Å². The van der Waals surface area contributed by atoms with E-state index in [0.29, 0.717) is 12.1 Å². The van der Waals surface area contributed by atoms with Crippen LogP contribution in [-0.2, 0) is 9.59 Å². The maximum Gasteiger partial charge on any atom is 0.230 e. The van der Waals surface area contributed by atoms with Crippen LogP contribution in [0.25, 0.3) is 0 Å². The summed E-state index contributed by atoms with van der Waals surface area (Å²) in [5, 5.41) is 0. The molecule has 0 aromatic heterocycles. The summed E-state index contributed by atoms with van der Waals surface area (Å²) in [7, 11) is 0. The summed E-state index contributed by atoms with van der Waals surface area (Å²) in [6.07, 6.45) is 3.38. The van der Waals surface area contributed by atoms with Crippen molar-refractivity contribution in [1.82, 2.24) is 4.90 Å². The van der Waals surface area contributed by atoms with Crippen LogP contribution in [-0.4, -0.2) is 28.7 Å². The molecule has 0 N–H and O–H groups in total. The summed E-state index contributed by atoms with van der Waals surface area (Å²) < 4.78 is 0. The van der Waals surface area contributed by atoms with Crippen LogP contribution in [0.15, 0.2) is 0 Å². The van der Waals surface area contributed by atoms with Crippen molar-refractivity contribution in [3.63, 3.8) is 0 Å². The summed E-state index contributed by atoms with van der Waals surface area (Å²) in [4.78, 5) is 24.5. The molecule has 0 aromatic rings. The number of ketones is 1. The molecule has 0 unspecified atom stereocenters. The van der Waals surface area contributed by atoms with E-state index < -0.39 is 0 Å². The zero-order chi connectivity index (χ0) is 10.7. The van der Waals surface area contributed by atoms with Crippen molar-refractivity contribution in [1.29, 1.82) is 0 Å². The fourth-order valence-electron chi connectivity index (χ4n) is 2.22. The molecule has 80 valence electrons. The molecular formula is C11H19NO2. The van der Waals surface area contributed by atoms with Crippen LogP contribution >= 0.6 is 0 Å². The van der Waals surface area contributed by atoms with Gasteiger partial charge in [0.1, 0.15) is 5.78 Å². The Morgan fingerprint density at radius 2 is 1.71 bits per heavy atom. The lowest BCUT2D eigenvalue weighted by atomic mass is 9.97. The van der Waals surface area contributed by atoms with Crippen LogP contribution in [0.1, 0.15) is 46.5 Å². The van der Waals surface area contributed by atoms with Gasteiger partial charge < -0.3 is 4.90 Å². The highest BCUT2D eigenvalue weighted by Gasteiger charge is 2.28. The van der Waals surface area contributed by atoms with Gasteiger partial charge in [0.25, 0.3) is 0 Å². The highest BCUT2D eigenvalue weighted by molar-refractivity contribution is 5.97. The van der Waals surface area contributed by atoms with Gasteiger partial charge in [0, 0.05) is 12.1 Å². The highest BCUT2D eigenvalue weighted by atomic mass is 16.2. The summed E-state index contributed by atoms with van der Waals surface area (Å²) in [6.45, 7) is 5.60. The fraction of sp³-hybridized carbons (Fsp3) is 0.818. The number of hydrogen-bond acceptors (Lipinski definition) is 2. The Kier molecular flexibility index (Phi) is 3.67. The second kappa shape index (κ2) is 4.58. The maximum absolute atomic E-state index is 11.7. The maximum atomic E-state index is 11.7. The number of hydrogen-bond donors (Lipinski definition) is 0. The van der Waals surface area contributed by atoms with Gasteiger partial charge in [-0.3, -0.25) is 9.59 Å². The lowest BCUT2D eigenvalue weighted by Crippen LogP contribution is -2.47. The van der Waals surface area contributed by atoms with Gasteiger partial charge in [-0.15, -0.1) is 0 Å². The van der Waals surface area contributed by atoms with Crippen LogP contribution in [0.3, 0.4) is 0 Å². The van der Waals surface area contributed by atoms with Gasteiger partial charge in [0.15, 0.2) is 0 Å². The molecule has 3 heteroatoms. The summed E-state index contributed by atoms with van der Waals surface area (Å²) in [5.41, 5.74) is 0. The third-order valence-corrected chi connectivity index (χ3v) is 2.88. The average molecular weight is 197 g/mol. The molecule has 1 saturated heterocycles. The molecule has 0 bridgehead atoms. The number of carbonyl (C=O) groups is 2. The molecule has 1 fully saturated rings. The van der Waals surface area contributed by atoms with Gasteiger partial charge in [0.2, 0.25) is 5.91 Å². The quantitative estimate of drug-likeness (QED) is 0.632. The van der Waals surface area contributed by atoms with E-state index in [4.69, 9.17) is 0 Å². The monoisotopic (exact) mass is 197 g/mol. The van der Waals surface area contributed by atoms with E-state index >= 15 is 0 Å². The van der Waals surface area contributed by atoms with E-state index in [1.165, 1.54) is 13.3 Å². The number of nitrogens with zero attached hydrogens (tertiary/aromatic N) is 1. The topological polar surface area (TPSA) is 37.4 Å². The van der Waals surface area contributed by atoms with Gasteiger partial charge in [0.05, 0.1) is 6.42 Å². The SMILES string of the molecule is CC(=O)CC(=O)N1[C@H](C)CCC[C@@H]1C. The second-order valence-corrected chi connectivity index (χ2v) is 4.31. The van der Waals surface area contributed by atoms with E-state index in [1.54, 1.807) is 0 Å². The Bertz CT molecular complexity index is 227. The first-order valence-electron chi connectivity index (χ1n) is 5.33. The molecule has 1 heterocycles. The molecule has 1 aliphatic heterocycles. The first-order chi connectivity index (χ1) is 6.52. The Morgan fingerprint density at radius 1 is 1.21 bits per heavy atom. The molecule has 0 saturated carbocycles. The standard InChI is InChI=1S/C11H19NO2/c1-8-5-4-6-9(2)12(8)11(14)7-10(3)13/h8-9H,4-7H2,1-3H3/t8-,9+. The summed E-state index contributed by atoms with van der Waals surface area (Å²) in [6, 6.07) is 0.594. The third kappa shape index (κ3) is 2.56. The Balaban J connectivity index is 2.62. The summed E-state index contributed by atoms with van der Waals surface area (Å²) >= 11 is 0. The molecule has 1 amide bonds. The molecule has 2 atom stereocenters. The average Bonchev–Trinajstić information content (AvgIpc) is 2.01. The first kappa shape index (κ1) is 11.2. The van der Waals surface area contributed by atoms with Gasteiger partial charge >= 0.3 is 0 Å². The van der Waals surface area contributed by atoms with E-state index in [9.17, 15) is 9.59 Å². The van der Waals surface area contributed by atoms with Crippen LogP contribution in [0.4, 0.5) is 0 Å². The third-order valence-electron chi connectivity index (χ3n) is 2.88. The highest BCUT2D eigenvalue weighted by Crippen LogP contribution is 2.23. The number of Topliss-reactive ketones (excluding diaryl/α,β-unsaturated/α-hetero) is 1. The van der Waals surface area contributed by atoms with Gasteiger partial charge in [-0.2, -0.15) is 0 Å². The molecule has 14 heavy (non-hydrogen) atoms. The predicted octanol–water partition coefficient (Wildman–Crippen LogP) is 1.75. The van der Waals surface area contributed by atoms with Crippen LogP contribution in [0.2, 0.25) is 0 Å². The minimum absolute atomic E-state index is 0.00259. The Morgan fingerprint density at radius 3 is 2.14 bits per heavy atom. The number of likely N-dealkylation sites (tertiary alicyclic amines) is 1. The van der Waals surface area contributed by atoms with E-state index in [-0.39, 0.29) is 18.1 Å². The molecule has 3 nitrogen and oxygen atoms in total. The number of carbonyl (C=O) groups excluding carboxylic acids is 2. The molecule has 0 aromatic carbocycles. The minimum Gasteiger partial charge on any atom is -0.337 e. The smallest absolute Gasteiger partial charge is 0.230 e. The Labute approximate surface area is 85.5 Å². The molecular weight excluding hydrogens is 178 g/mol. The van der Waals surface area contributed by atoms with E-state index in [1.807, 2.05) is 4.90 Å². The van der Waals surface area contributed by atoms with Gasteiger partial charge in [-0.25, -0.2) is 0 Å². The summed E-state index contributed by atoms with van der Waals surface area (Å²) in [5.74, 6) is -0.0443. The van der Waals surface area contributed by atoms with E-state index in [2.05, 4.69) is 13.8 Å². The lowest BCUT2D eigenvalue weighted by Gasteiger charge is -2.39. The number of piperidine rings is 1. The minimum atomic E-state index is -0.0417. The van der Waals surface area contributed by atoms with Crippen molar-refractivity contribution in [2.45, 2.75) is 58.5 Å². The zero-order valence-corrected chi connectivity index (χ0v) is 9.25. The number of rotatable bonds is 2. The Hall–Kier alpha value is -0.860. The van der Waals surface area contributed by atoms with Crippen molar-refractivity contribution in [3.8, 4) is 0 Å². The van der Waals surface area contributed by atoms with Crippen LogP contribution in [0.5, 0.6) is 0 Å². The molecule has 0 aliphatic carbocycles. The predicted molar refractivity (Wildman–Crippen MR) is 54.9 cm³/mol. The van der Waals surface area contributed by atoms with Crippen LogP contribution < -0.4 is 0 Å². The first-order valence-corrected chi connectivity index (χ1v) is 5.33. The van der Waals surface area contributed by atoms with Crippen molar-refractivity contribution in [2.24, 2.45) is 0 Å². The number of amides is 1. The van der Waals surface area contributed by atoms with Crippen LogP contribution in [0, 0.1) is 0 Å². The molecule has 0 radical (unpaired) electrons.